The van der Waals surface area contributed by atoms with Gasteiger partial charge in [0.2, 0.25) is 11.8 Å². The summed E-state index contributed by atoms with van der Waals surface area (Å²) < 4.78 is 21.8. The Hall–Kier alpha value is -4.34. The van der Waals surface area contributed by atoms with Gasteiger partial charge in [-0.05, 0) is 68.7 Å². The zero-order valence-corrected chi connectivity index (χ0v) is 22.2. The number of carbonyl (C=O) groups excluding carboxylic acids is 2. The molecule has 4 rings (SSSR count). The molecule has 0 saturated heterocycles. The maximum Gasteiger partial charge on any atom is 0.325 e. The van der Waals surface area contributed by atoms with Gasteiger partial charge >= 0.3 is 5.97 Å². The van der Waals surface area contributed by atoms with Crippen molar-refractivity contribution in [3.05, 3.63) is 65.4 Å². The summed E-state index contributed by atoms with van der Waals surface area (Å²) in [7, 11) is 3.24. The van der Waals surface area contributed by atoms with E-state index in [2.05, 4.69) is 15.3 Å². The van der Waals surface area contributed by atoms with Crippen LogP contribution in [0.5, 0.6) is 17.4 Å². The van der Waals surface area contributed by atoms with Crippen LogP contribution in [0.4, 0.5) is 11.6 Å². The fourth-order valence-electron chi connectivity index (χ4n) is 3.96. The molecule has 0 aliphatic carbocycles. The highest BCUT2D eigenvalue weighted by molar-refractivity contribution is 5.97. The van der Waals surface area contributed by atoms with Crippen molar-refractivity contribution in [2.75, 3.05) is 32.2 Å². The van der Waals surface area contributed by atoms with Crippen LogP contribution in [0, 0.1) is 0 Å². The van der Waals surface area contributed by atoms with Gasteiger partial charge in [-0.25, -0.2) is 4.98 Å². The molecule has 10 heteroatoms. The highest BCUT2D eigenvalue weighted by Gasteiger charge is 2.26. The van der Waals surface area contributed by atoms with Crippen LogP contribution in [0.3, 0.4) is 0 Å². The van der Waals surface area contributed by atoms with Crippen molar-refractivity contribution in [2.24, 2.45) is 0 Å². The van der Waals surface area contributed by atoms with E-state index in [1.165, 1.54) is 6.20 Å². The Bertz CT molecular complexity index is 1300. The first kappa shape index (κ1) is 26.7. The molecule has 1 aliphatic heterocycles. The first-order valence-corrected chi connectivity index (χ1v) is 12.2. The fourth-order valence-corrected chi connectivity index (χ4v) is 3.96. The van der Waals surface area contributed by atoms with Gasteiger partial charge in [-0.3, -0.25) is 9.59 Å². The Morgan fingerprint density at radius 3 is 2.42 bits per heavy atom. The molecule has 1 aliphatic rings. The number of esters is 1. The average molecular weight is 521 g/mol. The quantitative estimate of drug-likeness (QED) is 0.421. The summed E-state index contributed by atoms with van der Waals surface area (Å²) in [6, 6.07) is 13.2. The van der Waals surface area contributed by atoms with Crippen LogP contribution in [0.25, 0.3) is 0 Å². The monoisotopic (exact) mass is 520 g/mol. The maximum atomic E-state index is 13.0. The molecule has 10 nitrogen and oxygen atoms in total. The number of amides is 1. The zero-order valence-electron chi connectivity index (χ0n) is 22.2. The third-order valence-corrected chi connectivity index (χ3v) is 5.76. The van der Waals surface area contributed by atoms with Crippen molar-refractivity contribution < 1.29 is 28.5 Å². The molecule has 200 valence electrons. The number of carbonyl (C=O) groups is 2. The summed E-state index contributed by atoms with van der Waals surface area (Å²) in [6.07, 6.45) is 2.22. The molecule has 3 aromatic rings. The summed E-state index contributed by atoms with van der Waals surface area (Å²) in [6.45, 7) is 5.83. The van der Waals surface area contributed by atoms with E-state index in [0.29, 0.717) is 12.5 Å². The minimum atomic E-state index is -0.657. The van der Waals surface area contributed by atoms with Gasteiger partial charge in [0, 0.05) is 18.4 Å². The third-order valence-electron chi connectivity index (χ3n) is 5.76. The standard InChI is InChI=1S/C28H32N4O6/c1-28(2,3)38-24(33)16-29-25(34)22-15-30-27(32-13-12-19-14-21(36-5)10-11-23(19)32)31-26(22)37-17-18-6-8-20(35-4)9-7-18/h6-11,14-15H,12-13,16-17H2,1-5H3,(H,29,34). The minimum absolute atomic E-state index is 0.106. The second kappa shape index (κ2) is 11.4. The van der Waals surface area contributed by atoms with E-state index in [1.54, 1.807) is 35.0 Å². The van der Waals surface area contributed by atoms with Gasteiger partial charge in [-0.15, -0.1) is 0 Å². The summed E-state index contributed by atoms with van der Waals surface area (Å²) in [5.74, 6) is 0.931. The first-order valence-electron chi connectivity index (χ1n) is 12.2. The number of nitrogens with one attached hydrogen (secondary N) is 1. The number of ether oxygens (including phenoxy) is 4. The molecule has 0 bridgehead atoms. The molecular formula is C28H32N4O6. The Kier molecular flexibility index (Phi) is 7.99. The molecule has 0 spiro atoms. The van der Waals surface area contributed by atoms with Gasteiger partial charge in [0.1, 0.15) is 35.8 Å². The Labute approximate surface area is 221 Å². The van der Waals surface area contributed by atoms with Crippen LogP contribution in [-0.2, 0) is 22.6 Å². The van der Waals surface area contributed by atoms with Crippen LogP contribution in [0.15, 0.2) is 48.7 Å². The maximum absolute atomic E-state index is 13.0. The topological polar surface area (TPSA) is 112 Å². The van der Waals surface area contributed by atoms with Crippen molar-refractivity contribution >= 4 is 23.5 Å². The summed E-state index contributed by atoms with van der Waals surface area (Å²) in [4.78, 5) is 36.2. The number of hydrogen-bond acceptors (Lipinski definition) is 9. The number of aromatic nitrogens is 2. The molecule has 0 unspecified atom stereocenters. The lowest BCUT2D eigenvalue weighted by atomic mass is 10.1. The van der Waals surface area contributed by atoms with Gasteiger partial charge < -0.3 is 29.2 Å². The van der Waals surface area contributed by atoms with E-state index in [0.717, 1.165) is 34.7 Å². The van der Waals surface area contributed by atoms with Gasteiger partial charge in [0.05, 0.1) is 14.2 Å². The summed E-state index contributed by atoms with van der Waals surface area (Å²) >= 11 is 0. The number of fused-ring (bicyclic) bond motifs is 1. The van der Waals surface area contributed by atoms with Gasteiger partial charge in [0.15, 0.2) is 0 Å². The average Bonchev–Trinajstić information content (AvgIpc) is 3.33. The molecule has 2 heterocycles. The Balaban J connectivity index is 1.57. The van der Waals surface area contributed by atoms with Crippen molar-refractivity contribution in [3.63, 3.8) is 0 Å². The molecule has 0 fully saturated rings. The molecule has 38 heavy (non-hydrogen) atoms. The van der Waals surface area contributed by atoms with Crippen LogP contribution >= 0.6 is 0 Å². The molecule has 1 N–H and O–H groups in total. The first-order chi connectivity index (χ1) is 18.2. The third kappa shape index (κ3) is 6.50. The highest BCUT2D eigenvalue weighted by Crippen LogP contribution is 2.36. The van der Waals surface area contributed by atoms with Gasteiger partial charge in [0.25, 0.3) is 5.91 Å². The molecule has 2 aromatic carbocycles. The number of methoxy groups -OCH3 is 2. The van der Waals surface area contributed by atoms with E-state index < -0.39 is 17.5 Å². The molecule has 0 atom stereocenters. The van der Waals surface area contributed by atoms with E-state index in [-0.39, 0.29) is 24.6 Å². The fraction of sp³-hybridized carbons (Fsp3) is 0.357. The van der Waals surface area contributed by atoms with Gasteiger partial charge in [-0.1, -0.05) is 12.1 Å². The lowest BCUT2D eigenvalue weighted by Gasteiger charge is -2.20. The van der Waals surface area contributed by atoms with Crippen molar-refractivity contribution in [1.29, 1.82) is 0 Å². The predicted molar refractivity (Wildman–Crippen MR) is 141 cm³/mol. The van der Waals surface area contributed by atoms with Gasteiger partial charge in [-0.2, -0.15) is 4.98 Å². The van der Waals surface area contributed by atoms with Crippen LogP contribution in [-0.4, -0.2) is 54.8 Å². The predicted octanol–water partition coefficient (Wildman–Crippen LogP) is 3.84. The van der Waals surface area contributed by atoms with Crippen LogP contribution in [0.2, 0.25) is 0 Å². The van der Waals surface area contributed by atoms with E-state index in [4.69, 9.17) is 18.9 Å². The van der Waals surface area contributed by atoms with Crippen LogP contribution in [0.1, 0.15) is 42.3 Å². The second-order valence-electron chi connectivity index (χ2n) is 9.69. The molecular weight excluding hydrogens is 488 g/mol. The van der Waals surface area contributed by atoms with E-state index in [1.807, 2.05) is 47.4 Å². The summed E-state index contributed by atoms with van der Waals surface area (Å²) in [5, 5.41) is 2.57. The molecule has 1 amide bonds. The second-order valence-corrected chi connectivity index (χ2v) is 9.69. The number of hydrogen-bond donors (Lipinski definition) is 1. The number of nitrogens with zero attached hydrogens (tertiary/aromatic N) is 3. The smallest absolute Gasteiger partial charge is 0.325 e. The molecule has 1 aromatic heterocycles. The van der Waals surface area contributed by atoms with E-state index >= 15 is 0 Å². The Morgan fingerprint density at radius 2 is 1.74 bits per heavy atom. The number of benzene rings is 2. The molecule has 0 radical (unpaired) electrons. The lowest BCUT2D eigenvalue weighted by Crippen LogP contribution is -2.35. The highest BCUT2D eigenvalue weighted by atomic mass is 16.6. The largest absolute Gasteiger partial charge is 0.497 e. The van der Waals surface area contributed by atoms with Crippen molar-refractivity contribution in [3.8, 4) is 17.4 Å². The Morgan fingerprint density at radius 1 is 1.03 bits per heavy atom. The zero-order chi connectivity index (χ0) is 27.3. The summed E-state index contributed by atoms with van der Waals surface area (Å²) in [5.41, 5.74) is 2.40. The lowest BCUT2D eigenvalue weighted by molar-refractivity contribution is -0.153. The van der Waals surface area contributed by atoms with Crippen LogP contribution < -0.4 is 24.4 Å². The number of anilines is 2. The van der Waals surface area contributed by atoms with E-state index in [9.17, 15) is 9.59 Å². The van der Waals surface area contributed by atoms with Crippen molar-refractivity contribution in [1.82, 2.24) is 15.3 Å². The SMILES string of the molecule is COc1ccc(COc2nc(N3CCc4cc(OC)ccc43)ncc2C(=O)NCC(=O)OC(C)(C)C)cc1. The number of rotatable bonds is 9. The van der Waals surface area contributed by atoms with Crippen molar-refractivity contribution in [2.45, 2.75) is 39.4 Å². The molecule has 0 saturated carbocycles. The minimum Gasteiger partial charge on any atom is -0.497 e. The normalized spacial score (nSPS) is 12.5.